The molecule has 2 aromatic rings. The third kappa shape index (κ3) is 4.57. The van der Waals surface area contributed by atoms with Crippen molar-refractivity contribution in [3.63, 3.8) is 0 Å². The first-order chi connectivity index (χ1) is 13.5. The Morgan fingerprint density at radius 1 is 1.11 bits per heavy atom. The van der Waals surface area contributed by atoms with E-state index >= 15 is 0 Å². The van der Waals surface area contributed by atoms with Crippen molar-refractivity contribution in [2.24, 2.45) is 5.92 Å². The molecule has 6 nitrogen and oxygen atoms in total. The Kier molecular flexibility index (Phi) is 6.41. The average Bonchev–Trinajstić information content (AvgIpc) is 2.73. The normalized spacial score (nSPS) is 16.4. The van der Waals surface area contributed by atoms with E-state index in [4.69, 9.17) is 21.1 Å². The van der Waals surface area contributed by atoms with Gasteiger partial charge in [-0.1, -0.05) is 11.6 Å². The summed E-state index contributed by atoms with van der Waals surface area (Å²) in [4.78, 5) is 27.3. The van der Waals surface area contributed by atoms with Crippen LogP contribution in [0.15, 0.2) is 42.5 Å². The highest BCUT2D eigenvalue weighted by molar-refractivity contribution is 6.30. The first-order valence-electron chi connectivity index (χ1n) is 9.09. The van der Waals surface area contributed by atoms with Crippen molar-refractivity contribution >= 4 is 29.1 Å². The van der Waals surface area contributed by atoms with E-state index in [2.05, 4.69) is 5.32 Å². The van der Waals surface area contributed by atoms with Crippen molar-refractivity contribution in [2.45, 2.75) is 12.8 Å². The molecule has 1 aliphatic rings. The van der Waals surface area contributed by atoms with Crippen LogP contribution in [0.25, 0.3) is 0 Å². The third-order valence-corrected chi connectivity index (χ3v) is 5.09. The van der Waals surface area contributed by atoms with Crippen LogP contribution in [0.5, 0.6) is 11.5 Å². The summed E-state index contributed by atoms with van der Waals surface area (Å²) < 4.78 is 10.5. The summed E-state index contributed by atoms with van der Waals surface area (Å²) in [5.41, 5.74) is 1.12. The summed E-state index contributed by atoms with van der Waals surface area (Å²) in [5, 5.41) is 3.50. The molecule has 2 aromatic carbocycles. The molecular weight excluding hydrogens is 380 g/mol. The Morgan fingerprint density at radius 2 is 1.86 bits per heavy atom. The van der Waals surface area contributed by atoms with Crippen molar-refractivity contribution in [1.29, 1.82) is 0 Å². The quantitative estimate of drug-likeness (QED) is 0.824. The van der Waals surface area contributed by atoms with Crippen LogP contribution in [0.3, 0.4) is 0 Å². The standard InChI is InChI=1S/C21H23ClN2O4/c1-27-17-9-10-19(28-2)18(12-17)23-20(25)15-4-3-11-24(13-15)21(26)14-5-7-16(22)8-6-14/h5-10,12,15H,3-4,11,13H2,1-2H3,(H,23,25)/t15-/m0/s1. The van der Waals surface area contributed by atoms with Crippen LogP contribution in [-0.4, -0.2) is 44.0 Å². The number of rotatable bonds is 5. The zero-order chi connectivity index (χ0) is 20.1. The molecule has 0 radical (unpaired) electrons. The van der Waals surface area contributed by atoms with Gasteiger partial charge in [-0.2, -0.15) is 0 Å². The maximum absolute atomic E-state index is 12.8. The molecular formula is C21H23ClN2O4. The van der Waals surface area contributed by atoms with Gasteiger partial charge in [0.05, 0.1) is 25.8 Å². The van der Waals surface area contributed by atoms with Crippen LogP contribution in [0.2, 0.25) is 5.02 Å². The van der Waals surface area contributed by atoms with Gasteiger partial charge < -0.3 is 19.7 Å². The Labute approximate surface area is 169 Å². The molecule has 1 aliphatic heterocycles. The minimum absolute atomic E-state index is 0.0897. The molecule has 0 spiro atoms. The maximum Gasteiger partial charge on any atom is 0.253 e. The molecule has 1 fully saturated rings. The molecule has 1 heterocycles. The minimum Gasteiger partial charge on any atom is -0.497 e. The summed E-state index contributed by atoms with van der Waals surface area (Å²) in [6, 6.07) is 12.0. The average molecular weight is 403 g/mol. The van der Waals surface area contributed by atoms with E-state index in [0.717, 1.165) is 12.8 Å². The number of likely N-dealkylation sites (tertiary alicyclic amines) is 1. The first kappa shape index (κ1) is 20.0. The SMILES string of the molecule is COc1ccc(OC)c(NC(=O)[C@H]2CCCN(C(=O)c3ccc(Cl)cc3)C2)c1. The van der Waals surface area contributed by atoms with E-state index in [-0.39, 0.29) is 17.7 Å². The Bertz CT molecular complexity index is 854. The van der Waals surface area contributed by atoms with Crippen molar-refractivity contribution in [1.82, 2.24) is 4.90 Å². The molecule has 28 heavy (non-hydrogen) atoms. The lowest BCUT2D eigenvalue weighted by Crippen LogP contribution is -2.43. The number of ether oxygens (including phenoxy) is 2. The highest BCUT2D eigenvalue weighted by Gasteiger charge is 2.29. The molecule has 0 bridgehead atoms. The Morgan fingerprint density at radius 3 is 2.54 bits per heavy atom. The highest BCUT2D eigenvalue weighted by atomic mass is 35.5. The van der Waals surface area contributed by atoms with Crippen LogP contribution >= 0.6 is 11.6 Å². The molecule has 148 valence electrons. The summed E-state index contributed by atoms with van der Waals surface area (Å²) in [7, 11) is 3.11. The number of carbonyl (C=O) groups excluding carboxylic acids is 2. The van der Waals surface area contributed by atoms with Crippen LogP contribution in [-0.2, 0) is 4.79 Å². The fourth-order valence-corrected chi connectivity index (χ4v) is 3.42. The fraction of sp³-hybridized carbons (Fsp3) is 0.333. The van der Waals surface area contributed by atoms with E-state index in [9.17, 15) is 9.59 Å². The number of nitrogens with zero attached hydrogens (tertiary/aromatic N) is 1. The molecule has 1 saturated heterocycles. The van der Waals surface area contributed by atoms with Crippen molar-refractivity contribution in [3.05, 3.63) is 53.1 Å². The van der Waals surface area contributed by atoms with E-state index in [1.807, 2.05) is 0 Å². The van der Waals surface area contributed by atoms with E-state index < -0.39 is 0 Å². The molecule has 0 aliphatic carbocycles. The number of anilines is 1. The van der Waals surface area contributed by atoms with Gasteiger partial charge in [0.1, 0.15) is 11.5 Å². The second-order valence-electron chi connectivity index (χ2n) is 6.65. The number of piperidine rings is 1. The van der Waals surface area contributed by atoms with Crippen LogP contribution in [0.4, 0.5) is 5.69 Å². The maximum atomic E-state index is 12.8. The van der Waals surface area contributed by atoms with E-state index in [1.165, 1.54) is 0 Å². The molecule has 1 atom stereocenters. The molecule has 1 N–H and O–H groups in total. The van der Waals surface area contributed by atoms with Gasteiger partial charge in [-0.05, 0) is 49.2 Å². The second kappa shape index (κ2) is 8.97. The Hall–Kier alpha value is -2.73. The molecule has 0 unspecified atom stereocenters. The van der Waals surface area contributed by atoms with Crippen LogP contribution < -0.4 is 14.8 Å². The van der Waals surface area contributed by atoms with Gasteiger partial charge in [-0.25, -0.2) is 0 Å². The summed E-state index contributed by atoms with van der Waals surface area (Å²) in [5.74, 6) is 0.660. The monoisotopic (exact) mass is 402 g/mol. The van der Waals surface area contributed by atoms with Gasteiger partial charge in [0.15, 0.2) is 0 Å². The van der Waals surface area contributed by atoms with Gasteiger partial charge >= 0.3 is 0 Å². The third-order valence-electron chi connectivity index (χ3n) is 4.84. The summed E-state index contributed by atoms with van der Waals surface area (Å²) in [6.45, 7) is 1.01. The first-order valence-corrected chi connectivity index (χ1v) is 9.47. The lowest BCUT2D eigenvalue weighted by atomic mass is 9.96. The molecule has 2 amide bonds. The van der Waals surface area contributed by atoms with E-state index in [0.29, 0.717) is 40.9 Å². The number of hydrogen-bond donors (Lipinski definition) is 1. The minimum atomic E-state index is -0.291. The number of benzene rings is 2. The number of hydrogen-bond acceptors (Lipinski definition) is 4. The number of carbonyl (C=O) groups is 2. The van der Waals surface area contributed by atoms with Gasteiger partial charge in [0, 0.05) is 29.7 Å². The largest absolute Gasteiger partial charge is 0.497 e. The summed E-state index contributed by atoms with van der Waals surface area (Å²) in [6.07, 6.45) is 1.50. The zero-order valence-electron chi connectivity index (χ0n) is 15.9. The van der Waals surface area contributed by atoms with E-state index in [1.54, 1.807) is 61.6 Å². The fourth-order valence-electron chi connectivity index (χ4n) is 3.30. The predicted molar refractivity (Wildman–Crippen MR) is 108 cm³/mol. The molecule has 0 saturated carbocycles. The zero-order valence-corrected chi connectivity index (χ0v) is 16.7. The summed E-state index contributed by atoms with van der Waals surface area (Å²) >= 11 is 5.89. The molecule has 7 heteroatoms. The lowest BCUT2D eigenvalue weighted by molar-refractivity contribution is -0.121. The van der Waals surface area contributed by atoms with Gasteiger partial charge in [0.2, 0.25) is 5.91 Å². The number of methoxy groups -OCH3 is 2. The smallest absolute Gasteiger partial charge is 0.253 e. The number of nitrogens with one attached hydrogen (secondary N) is 1. The van der Waals surface area contributed by atoms with Crippen LogP contribution in [0.1, 0.15) is 23.2 Å². The molecule has 3 rings (SSSR count). The molecule has 0 aromatic heterocycles. The Balaban J connectivity index is 1.69. The van der Waals surface area contributed by atoms with Crippen molar-refractivity contribution < 1.29 is 19.1 Å². The number of amides is 2. The highest BCUT2D eigenvalue weighted by Crippen LogP contribution is 2.30. The van der Waals surface area contributed by atoms with Crippen LogP contribution in [0, 0.1) is 5.92 Å². The number of halogens is 1. The van der Waals surface area contributed by atoms with Crippen molar-refractivity contribution in [3.8, 4) is 11.5 Å². The van der Waals surface area contributed by atoms with Crippen molar-refractivity contribution in [2.75, 3.05) is 32.6 Å². The van der Waals surface area contributed by atoms with Gasteiger partial charge in [-0.3, -0.25) is 9.59 Å². The van der Waals surface area contributed by atoms with Gasteiger partial charge in [-0.15, -0.1) is 0 Å². The lowest BCUT2D eigenvalue weighted by Gasteiger charge is -2.32. The second-order valence-corrected chi connectivity index (χ2v) is 7.09. The van der Waals surface area contributed by atoms with Gasteiger partial charge in [0.25, 0.3) is 5.91 Å². The topological polar surface area (TPSA) is 67.9 Å². The predicted octanol–water partition coefficient (Wildman–Crippen LogP) is 3.85.